The van der Waals surface area contributed by atoms with Gasteiger partial charge in [0, 0.05) is 6.42 Å². The number of nitrogens with one attached hydrogen (secondary N) is 1. The number of anilines is 1. The van der Waals surface area contributed by atoms with E-state index in [-0.39, 0.29) is 47.3 Å². The molecule has 0 unspecified atom stereocenters. The predicted molar refractivity (Wildman–Crippen MR) is 165 cm³/mol. The second kappa shape index (κ2) is 12.5. The van der Waals surface area contributed by atoms with Gasteiger partial charge in [0.2, 0.25) is 11.8 Å². The third-order valence-electron chi connectivity index (χ3n) is 8.50. The second-order valence-electron chi connectivity index (χ2n) is 13.6. The van der Waals surface area contributed by atoms with Crippen molar-refractivity contribution >= 4 is 39.7 Å². The number of methoxy groups -OCH3 is 1. The van der Waals surface area contributed by atoms with Gasteiger partial charge in [-0.1, -0.05) is 54.2 Å². The first-order valence-corrected chi connectivity index (χ1v) is 20.0. The molecule has 0 aromatic carbocycles. The Balaban J connectivity index is 1.97. The van der Waals surface area contributed by atoms with E-state index in [9.17, 15) is 4.79 Å². The first-order valence-electron chi connectivity index (χ1n) is 14.2. The van der Waals surface area contributed by atoms with Crippen molar-refractivity contribution < 1.29 is 27.9 Å². The number of aromatic nitrogens is 4. The van der Waals surface area contributed by atoms with E-state index in [1.54, 1.807) is 12.4 Å². The Morgan fingerprint density at radius 2 is 1.80 bits per heavy atom. The molecule has 1 N–H and O–H groups in total. The van der Waals surface area contributed by atoms with Gasteiger partial charge in [0.05, 0.1) is 26.1 Å². The number of rotatable bonds is 12. The average Bonchev–Trinajstić information content (AvgIpc) is 3.46. The fourth-order valence-corrected chi connectivity index (χ4v) is 6.22. The zero-order chi connectivity index (χ0) is 30.8. The molecule has 11 nitrogen and oxygen atoms in total. The van der Waals surface area contributed by atoms with E-state index in [0.29, 0.717) is 24.2 Å². The van der Waals surface area contributed by atoms with Gasteiger partial charge in [-0.3, -0.25) is 9.36 Å². The summed E-state index contributed by atoms with van der Waals surface area (Å²) in [5, 5.41) is 3.03. The first kappa shape index (κ1) is 33.2. The fraction of sp³-hybridized carbons (Fsp3) is 0.714. The van der Waals surface area contributed by atoms with E-state index in [0.717, 1.165) is 0 Å². The monoisotopic (exact) mass is 607 g/mol. The molecule has 0 amide bonds. The van der Waals surface area contributed by atoms with Gasteiger partial charge < -0.3 is 28.4 Å². The molecule has 1 aliphatic rings. The maximum absolute atomic E-state index is 11.7. The summed E-state index contributed by atoms with van der Waals surface area (Å²) >= 11 is 0. The molecule has 1 aliphatic heterocycles. The zero-order valence-electron chi connectivity index (χ0n) is 26.7. The molecular formula is C28H49N5O6Si2. The van der Waals surface area contributed by atoms with Crippen LogP contribution in [0.2, 0.25) is 36.3 Å². The van der Waals surface area contributed by atoms with Gasteiger partial charge in [-0.15, -0.1) is 0 Å². The highest BCUT2D eigenvalue weighted by molar-refractivity contribution is 6.74. The molecule has 13 heteroatoms. The summed E-state index contributed by atoms with van der Waals surface area (Å²) in [7, 11) is -2.79. The molecular weight excluding hydrogens is 559 g/mol. The van der Waals surface area contributed by atoms with Gasteiger partial charge in [0.1, 0.15) is 25.5 Å². The number of esters is 1. The van der Waals surface area contributed by atoms with Gasteiger partial charge in [-0.2, -0.15) is 9.97 Å². The lowest BCUT2D eigenvalue weighted by molar-refractivity contribution is -0.138. The summed E-state index contributed by atoms with van der Waals surface area (Å²) in [5.74, 6) is 0.0598. The molecule has 0 radical (unpaired) electrons. The van der Waals surface area contributed by atoms with Gasteiger partial charge in [-0.25, -0.2) is 4.98 Å². The Labute approximate surface area is 246 Å². The van der Waals surface area contributed by atoms with Crippen LogP contribution in [0.1, 0.15) is 54.2 Å². The minimum absolute atomic E-state index is 0.0441. The molecule has 3 atom stereocenters. The quantitative estimate of drug-likeness (QED) is 0.183. The van der Waals surface area contributed by atoms with Crippen LogP contribution in [0.3, 0.4) is 0 Å². The van der Waals surface area contributed by atoms with Gasteiger partial charge in [0.25, 0.3) is 0 Å². The lowest BCUT2D eigenvalue weighted by Gasteiger charge is -2.40. The Kier molecular flexibility index (Phi) is 10.1. The van der Waals surface area contributed by atoms with Crippen LogP contribution in [-0.4, -0.2) is 81.2 Å². The molecule has 230 valence electrons. The van der Waals surface area contributed by atoms with E-state index >= 15 is 0 Å². The first-order chi connectivity index (χ1) is 18.9. The van der Waals surface area contributed by atoms with E-state index in [1.807, 2.05) is 4.57 Å². The molecule has 0 spiro atoms. The van der Waals surface area contributed by atoms with Crippen molar-refractivity contribution in [2.75, 3.05) is 32.2 Å². The Morgan fingerprint density at radius 3 is 2.39 bits per heavy atom. The summed E-state index contributed by atoms with van der Waals surface area (Å²) in [6.45, 7) is 26.7. The maximum Gasteiger partial charge on any atom is 0.325 e. The minimum atomic E-state index is -2.11. The molecule has 0 bridgehead atoms. The van der Waals surface area contributed by atoms with E-state index in [2.05, 4.69) is 94.6 Å². The molecule has 1 saturated heterocycles. The van der Waals surface area contributed by atoms with Crippen molar-refractivity contribution in [3.8, 4) is 5.88 Å². The van der Waals surface area contributed by atoms with Crippen molar-refractivity contribution in [2.24, 2.45) is 0 Å². The maximum atomic E-state index is 11.7. The number of carbonyl (C=O) groups excluding carboxylic acids is 1. The summed E-state index contributed by atoms with van der Waals surface area (Å²) in [5.41, 5.74) is 1.01. The van der Waals surface area contributed by atoms with Crippen molar-refractivity contribution in [3.05, 3.63) is 19.0 Å². The van der Waals surface area contributed by atoms with E-state index < -0.39 is 28.8 Å². The highest BCUT2D eigenvalue weighted by Gasteiger charge is 2.47. The third kappa shape index (κ3) is 7.75. The van der Waals surface area contributed by atoms with Crippen LogP contribution in [0.25, 0.3) is 11.2 Å². The highest BCUT2D eigenvalue weighted by Crippen LogP contribution is 2.43. The molecule has 0 saturated carbocycles. The van der Waals surface area contributed by atoms with Gasteiger partial charge >= 0.3 is 5.97 Å². The molecule has 3 heterocycles. The smallest absolute Gasteiger partial charge is 0.325 e. The van der Waals surface area contributed by atoms with Crippen LogP contribution in [0.15, 0.2) is 19.0 Å². The van der Waals surface area contributed by atoms with Crippen molar-refractivity contribution in [3.63, 3.8) is 0 Å². The number of nitrogens with zero attached hydrogens (tertiary/aromatic N) is 4. The highest BCUT2D eigenvalue weighted by atomic mass is 28.4. The number of hydrogen-bond acceptors (Lipinski definition) is 10. The van der Waals surface area contributed by atoms with Crippen LogP contribution >= 0.6 is 0 Å². The van der Waals surface area contributed by atoms with Gasteiger partial charge in [0.15, 0.2) is 27.8 Å². The standard InChI is InChI=1S/C28H49N5O6Si2/c1-13-14-36-25-23-24(31-26(32-25)29-16-22(34)35-8)33(18-30-23)21-15-19(39-41(11,12)28(5,6)7)20(38-21)17-37-40(9,10)27(2,3)4/h13,18-21H,1,14-17H2,2-12H3,(H,29,31,32)/t19-,20+,21+/m1/s1. The van der Waals surface area contributed by atoms with Crippen molar-refractivity contribution in [1.82, 2.24) is 19.5 Å². The Bertz CT molecular complexity index is 1220. The average molecular weight is 608 g/mol. The number of fused-ring (bicyclic) bond motifs is 1. The largest absolute Gasteiger partial charge is 0.472 e. The van der Waals surface area contributed by atoms with E-state index in [4.69, 9.17) is 23.1 Å². The SMILES string of the molecule is C=CCOc1nc(NCC(=O)OC)nc2c1ncn2[C@@H]1C[C@@H](O[Si](C)(C)C(C)(C)C)[C@H](CO[Si](C)(C)C(C)(C)C)O1. The van der Waals surface area contributed by atoms with Crippen LogP contribution in [0.5, 0.6) is 5.88 Å². The van der Waals surface area contributed by atoms with Crippen LogP contribution < -0.4 is 10.1 Å². The zero-order valence-corrected chi connectivity index (χ0v) is 28.7. The lowest BCUT2D eigenvalue weighted by atomic mass is 10.2. The van der Waals surface area contributed by atoms with Gasteiger partial charge in [-0.05, 0) is 36.3 Å². The lowest BCUT2D eigenvalue weighted by Crippen LogP contribution is -2.48. The summed E-state index contributed by atoms with van der Waals surface area (Å²) in [4.78, 5) is 25.4. The van der Waals surface area contributed by atoms with E-state index in [1.165, 1.54) is 7.11 Å². The minimum Gasteiger partial charge on any atom is -0.472 e. The third-order valence-corrected chi connectivity index (χ3v) is 17.5. The molecule has 2 aromatic rings. The number of hydrogen-bond donors (Lipinski definition) is 1. The fourth-order valence-electron chi connectivity index (χ4n) is 3.85. The molecule has 1 fully saturated rings. The predicted octanol–water partition coefficient (Wildman–Crippen LogP) is 5.68. The second-order valence-corrected chi connectivity index (χ2v) is 23.1. The van der Waals surface area contributed by atoms with Crippen LogP contribution in [-0.2, 0) is 23.1 Å². The summed E-state index contributed by atoms with van der Waals surface area (Å²) in [6, 6.07) is 0. The number of carbonyl (C=O) groups is 1. The Hall–Kier alpha value is -2.33. The molecule has 3 rings (SSSR count). The molecule has 2 aromatic heterocycles. The van der Waals surface area contributed by atoms with Crippen LogP contribution in [0.4, 0.5) is 5.95 Å². The van der Waals surface area contributed by atoms with Crippen molar-refractivity contribution in [1.29, 1.82) is 0 Å². The Morgan fingerprint density at radius 1 is 1.15 bits per heavy atom. The summed E-state index contributed by atoms with van der Waals surface area (Å²) in [6.07, 6.45) is 3.13. The van der Waals surface area contributed by atoms with Crippen molar-refractivity contribution in [2.45, 2.75) is 103 Å². The normalized spacial score (nSPS) is 20.3. The molecule has 41 heavy (non-hydrogen) atoms. The summed E-state index contributed by atoms with van der Waals surface area (Å²) < 4.78 is 32.6. The number of ether oxygens (including phenoxy) is 3. The van der Waals surface area contributed by atoms with Crippen LogP contribution in [0, 0.1) is 0 Å². The topological polar surface area (TPSA) is 119 Å². The number of imidazole rings is 1. The molecule has 0 aliphatic carbocycles.